The molecule has 2 amide bonds. The van der Waals surface area contributed by atoms with E-state index in [4.69, 9.17) is 14.7 Å². The molecule has 2 aromatic heterocycles. The SMILES string of the molecule is O=C(CN1Cc2cccc(n2)CN(CC(=O)N2CCOCC2)Cc2cccc(n2)C1)N1CCCCC1. The number of rotatable bonds is 4. The largest absolute Gasteiger partial charge is 0.378 e. The molecule has 2 aromatic rings. The summed E-state index contributed by atoms with van der Waals surface area (Å²) in [4.78, 5) is 44.0. The van der Waals surface area contributed by atoms with Crippen molar-refractivity contribution in [2.45, 2.75) is 45.4 Å². The van der Waals surface area contributed by atoms with E-state index in [9.17, 15) is 9.59 Å². The minimum atomic E-state index is 0.111. The molecule has 4 bridgehead atoms. The Labute approximate surface area is 213 Å². The van der Waals surface area contributed by atoms with E-state index in [0.717, 1.165) is 48.7 Å². The molecule has 5 rings (SSSR count). The van der Waals surface area contributed by atoms with E-state index in [1.54, 1.807) is 0 Å². The summed E-state index contributed by atoms with van der Waals surface area (Å²) in [5.74, 6) is 0.294. The number of likely N-dealkylation sites (tertiary alicyclic amines) is 1. The van der Waals surface area contributed by atoms with Crippen LogP contribution in [-0.4, -0.2) is 93.9 Å². The lowest BCUT2D eigenvalue weighted by molar-refractivity contribution is -0.136. The zero-order chi connectivity index (χ0) is 24.7. The summed E-state index contributed by atoms with van der Waals surface area (Å²) < 4.78 is 5.40. The highest BCUT2D eigenvalue weighted by molar-refractivity contribution is 5.78. The topological polar surface area (TPSA) is 82.1 Å². The number of carbonyl (C=O) groups excluding carboxylic acids is 2. The lowest BCUT2D eigenvalue weighted by atomic mass is 10.1. The number of nitrogens with zero attached hydrogens (tertiary/aromatic N) is 6. The summed E-state index contributed by atoms with van der Waals surface area (Å²) in [6.07, 6.45) is 3.38. The summed E-state index contributed by atoms with van der Waals surface area (Å²) in [6.45, 7) is 7.11. The first-order valence-corrected chi connectivity index (χ1v) is 13.1. The Kier molecular flexibility index (Phi) is 8.20. The fourth-order valence-corrected chi connectivity index (χ4v) is 5.20. The molecule has 9 heteroatoms. The number of aromatic nitrogens is 2. The van der Waals surface area contributed by atoms with Gasteiger partial charge in [-0.3, -0.25) is 29.4 Å². The van der Waals surface area contributed by atoms with Gasteiger partial charge in [-0.15, -0.1) is 0 Å². The third kappa shape index (κ3) is 6.66. The molecule has 36 heavy (non-hydrogen) atoms. The molecule has 0 N–H and O–H groups in total. The van der Waals surface area contributed by atoms with Crippen molar-refractivity contribution in [2.75, 3.05) is 52.5 Å². The fourth-order valence-electron chi connectivity index (χ4n) is 5.20. The normalized spacial score (nSPS) is 19.9. The zero-order valence-corrected chi connectivity index (χ0v) is 21.0. The first-order valence-electron chi connectivity index (χ1n) is 13.1. The van der Waals surface area contributed by atoms with Gasteiger partial charge < -0.3 is 14.5 Å². The van der Waals surface area contributed by atoms with E-state index >= 15 is 0 Å². The Bertz CT molecular complexity index is 925. The van der Waals surface area contributed by atoms with Crippen LogP contribution in [0.4, 0.5) is 0 Å². The molecule has 0 unspecified atom stereocenters. The summed E-state index contributed by atoms with van der Waals surface area (Å²) in [5, 5.41) is 0. The molecule has 2 saturated heterocycles. The van der Waals surface area contributed by atoms with Gasteiger partial charge in [-0.1, -0.05) is 12.1 Å². The van der Waals surface area contributed by atoms with E-state index in [1.807, 2.05) is 46.2 Å². The number of morpholine rings is 1. The number of hydrogen-bond donors (Lipinski definition) is 0. The molecule has 5 heterocycles. The van der Waals surface area contributed by atoms with Gasteiger partial charge in [0.25, 0.3) is 0 Å². The quantitative estimate of drug-likeness (QED) is 0.642. The summed E-state index contributed by atoms with van der Waals surface area (Å²) in [6, 6.07) is 12.1. The zero-order valence-electron chi connectivity index (χ0n) is 21.0. The first kappa shape index (κ1) is 24.8. The number of fused-ring (bicyclic) bond motifs is 4. The Hall–Kier alpha value is -2.88. The van der Waals surface area contributed by atoms with Crippen LogP contribution in [0.2, 0.25) is 0 Å². The van der Waals surface area contributed by atoms with Crippen molar-refractivity contribution < 1.29 is 14.3 Å². The number of amides is 2. The van der Waals surface area contributed by atoms with Crippen LogP contribution < -0.4 is 0 Å². The standard InChI is InChI=1S/C27H36N6O3/c34-26(32-10-2-1-3-11-32)20-30-16-22-6-4-8-24(28-22)18-31(19-25-9-5-7-23(17-30)29-25)21-27(35)33-12-14-36-15-13-33/h4-9H,1-3,10-21H2. The van der Waals surface area contributed by atoms with Gasteiger partial charge in [0.2, 0.25) is 11.8 Å². The van der Waals surface area contributed by atoms with E-state index < -0.39 is 0 Å². The maximum absolute atomic E-state index is 13.1. The predicted octanol–water partition coefficient (Wildman–Crippen LogP) is 1.67. The van der Waals surface area contributed by atoms with E-state index in [0.29, 0.717) is 65.6 Å². The van der Waals surface area contributed by atoms with Gasteiger partial charge in [0.1, 0.15) is 0 Å². The second-order valence-electron chi connectivity index (χ2n) is 9.97. The van der Waals surface area contributed by atoms with Gasteiger partial charge in [0, 0.05) is 52.4 Å². The van der Waals surface area contributed by atoms with E-state index in [2.05, 4.69) is 9.80 Å². The average Bonchev–Trinajstić information content (AvgIpc) is 2.89. The molecule has 9 nitrogen and oxygen atoms in total. The number of ether oxygens (including phenoxy) is 1. The van der Waals surface area contributed by atoms with Crippen LogP contribution in [0.3, 0.4) is 0 Å². The van der Waals surface area contributed by atoms with Crippen LogP contribution in [0.15, 0.2) is 36.4 Å². The molecule has 3 aliphatic rings. The summed E-state index contributed by atoms with van der Waals surface area (Å²) in [7, 11) is 0. The molecule has 0 atom stereocenters. The molecule has 0 spiro atoms. The summed E-state index contributed by atoms with van der Waals surface area (Å²) in [5.41, 5.74) is 3.69. The molecular formula is C27H36N6O3. The predicted molar refractivity (Wildman–Crippen MR) is 135 cm³/mol. The third-order valence-electron chi connectivity index (χ3n) is 7.06. The molecule has 192 valence electrons. The van der Waals surface area contributed by atoms with E-state index in [1.165, 1.54) is 6.42 Å². The Morgan fingerprint density at radius 2 is 1.06 bits per heavy atom. The van der Waals surface area contributed by atoms with Gasteiger partial charge in [0.05, 0.1) is 49.1 Å². The van der Waals surface area contributed by atoms with Crippen molar-refractivity contribution in [3.63, 3.8) is 0 Å². The smallest absolute Gasteiger partial charge is 0.236 e. The van der Waals surface area contributed by atoms with Gasteiger partial charge in [-0.25, -0.2) is 0 Å². The van der Waals surface area contributed by atoms with Crippen molar-refractivity contribution in [3.05, 3.63) is 59.2 Å². The van der Waals surface area contributed by atoms with E-state index in [-0.39, 0.29) is 11.8 Å². The van der Waals surface area contributed by atoms with Crippen molar-refractivity contribution in [1.82, 2.24) is 29.6 Å². The number of pyridine rings is 2. The molecule has 0 radical (unpaired) electrons. The van der Waals surface area contributed by atoms with Crippen molar-refractivity contribution >= 4 is 11.8 Å². The second kappa shape index (κ2) is 11.9. The second-order valence-corrected chi connectivity index (χ2v) is 9.97. The minimum Gasteiger partial charge on any atom is -0.378 e. The lowest BCUT2D eigenvalue weighted by Crippen LogP contribution is -2.45. The third-order valence-corrected chi connectivity index (χ3v) is 7.06. The molecule has 3 aliphatic heterocycles. The van der Waals surface area contributed by atoms with Gasteiger partial charge in [-0.2, -0.15) is 0 Å². The van der Waals surface area contributed by atoms with Crippen LogP contribution in [0.1, 0.15) is 42.0 Å². The number of piperidine rings is 1. The fraction of sp³-hybridized carbons (Fsp3) is 0.556. The Balaban J connectivity index is 1.35. The monoisotopic (exact) mass is 492 g/mol. The van der Waals surface area contributed by atoms with Gasteiger partial charge in [0.15, 0.2) is 0 Å². The van der Waals surface area contributed by atoms with Crippen LogP contribution in [-0.2, 0) is 40.5 Å². The molecule has 0 aliphatic carbocycles. The first-order chi connectivity index (χ1) is 17.6. The lowest BCUT2D eigenvalue weighted by Gasteiger charge is -2.31. The van der Waals surface area contributed by atoms with Crippen LogP contribution in [0.25, 0.3) is 0 Å². The highest BCUT2D eigenvalue weighted by Crippen LogP contribution is 2.16. The molecule has 0 saturated carbocycles. The van der Waals surface area contributed by atoms with Crippen molar-refractivity contribution in [2.24, 2.45) is 0 Å². The molecular weight excluding hydrogens is 456 g/mol. The van der Waals surface area contributed by atoms with Gasteiger partial charge in [-0.05, 0) is 43.5 Å². The summed E-state index contributed by atoms with van der Waals surface area (Å²) >= 11 is 0. The van der Waals surface area contributed by atoms with Crippen molar-refractivity contribution in [3.8, 4) is 0 Å². The Morgan fingerprint density at radius 3 is 1.50 bits per heavy atom. The average molecular weight is 493 g/mol. The maximum atomic E-state index is 13.1. The maximum Gasteiger partial charge on any atom is 0.236 e. The number of carbonyl (C=O) groups is 2. The van der Waals surface area contributed by atoms with Gasteiger partial charge >= 0.3 is 0 Å². The van der Waals surface area contributed by atoms with Crippen LogP contribution in [0.5, 0.6) is 0 Å². The number of hydrogen-bond acceptors (Lipinski definition) is 7. The van der Waals surface area contributed by atoms with Crippen molar-refractivity contribution in [1.29, 1.82) is 0 Å². The molecule has 2 fully saturated rings. The highest BCUT2D eigenvalue weighted by atomic mass is 16.5. The van der Waals surface area contributed by atoms with Crippen LogP contribution in [0, 0.1) is 0 Å². The minimum absolute atomic E-state index is 0.111. The molecule has 0 aromatic carbocycles. The highest BCUT2D eigenvalue weighted by Gasteiger charge is 2.23. The van der Waals surface area contributed by atoms with Crippen LogP contribution >= 0.6 is 0 Å². The Morgan fingerprint density at radius 1 is 0.639 bits per heavy atom.